The largest absolute Gasteiger partial charge is 0.494 e. The second-order valence-electron chi connectivity index (χ2n) is 5.41. The summed E-state index contributed by atoms with van der Waals surface area (Å²) in [5.41, 5.74) is 7.21. The molecule has 0 aromatic heterocycles. The molecule has 1 aromatic carbocycles. The Morgan fingerprint density at radius 2 is 2.15 bits per heavy atom. The Morgan fingerprint density at radius 3 is 2.85 bits per heavy atom. The van der Waals surface area contributed by atoms with Crippen molar-refractivity contribution < 1.29 is 9.47 Å². The maximum absolute atomic E-state index is 5.97. The number of benzene rings is 1. The first kappa shape index (κ1) is 15.3. The van der Waals surface area contributed by atoms with Crippen LogP contribution in [0.1, 0.15) is 32.4 Å². The first-order valence-corrected chi connectivity index (χ1v) is 7.46. The lowest BCUT2D eigenvalue weighted by molar-refractivity contribution is -0.0500. The van der Waals surface area contributed by atoms with Crippen LogP contribution in [0.5, 0.6) is 5.75 Å². The van der Waals surface area contributed by atoms with E-state index in [1.807, 2.05) is 26.0 Å². The molecule has 0 spiro atoms. The third-order valence-electron chi connectivity index (χ3n) is 3.93. The van der Waals surface area contributed by atoms with Crippen molar-refractivity contribution in [3.05, 3.63) is 29.8 Å². The molecule has 0 aliphatic carbocycles. The molecule has 3 unspecified atom stereocenters. The average molecular weight is 278 g/mol. The molecular formula is C16H26N2O2. The van der Waals surface area contributed by atoms with Crippen molar-refractivity contribution in [2.75, 3.05) is 26.3 Å². The second-order valence-corrected chi connectivity index (χ2v) is 5.41. The molecule has 2 rings (SSSR count). The van der Waals surface area contributed by atoms with E-state index in [-0.39, 0.29) is 12.1 Å². The summed E-state index contributed by atoms with van der Waals surface area (Å²) in [4.78, 5) is 2.43. The molecule has 1 aromatic rings. The van der Waals surface area contributed by atoms with E-state index in [1.54, 1.807) is 0 Å². The number of rotatable bonds is 5. The molecule has 0 amide bonds. The van der Waals surface area contributed by atoms with Crippen molar-refractivity contribution in [2.24, 2.45) is 5.73 Å². The summed E-state index contributed by atoms with van der Waals surface area (Å²) in [6.07, 6.45) is 0.116. The Kier molecular flexibility index (Phi) is 5.40. The SMILES string of the molecule is CCOc1ccccc1C(C)N1CCOC(C(C)N)C1. The van der Waals surface area contributed by atoms with Gasteiger partial charge in [-0.15, -0.1) is 0 Å². The van der Waals surface area contributed by atoms with E-state index >= 15 is 0 Å². The van der Waals surface area contributed by atoms with Crippen LogP contribution in [-0.4, -0.2) is 43.3 Å². The topological polar surface area (TPSA) is 47.7 Å². The zero-order chi connectivity index (χ0) is 14.5. The highest BCUT2D eigenvalue weighted by Gasteiger charge is 2.28. The standard InChI is InChI=1S/C16H26N2O2/c1-4-19-15-8-6-5-7-14(15)13(3)18-9-10-20-16(11-18)12(2)17/h5-8,12-13,16H,4,9-11,17H2,1-3H3. The zero-order valence-corrected chi connectivity index (χ0v) is 12.7. The molecule has 0 bridgehead atoms. The minimum atomic E-state index is 0.0622. The molecular weight excluding hydrogens is 252 g/mol. The van der Waals surface area contributed by atoms with Crippen LogP contribution in [-0.2, 0) is 4.74 Å². The summed E-state index contributed by atoms with van der Waals surface area (Å²) in [5.74, 6) is 0.978. The van der Waals surface area contributed by atoms with Crippen LogP contribution in [0.4, 0.5) is 0 Å². The Hall–Kier alpha value is -1.10. The van der Waals surface area contributed by atoms with Gasteiger partial charge in [-0.25, -0.2) is 0 Å². The van der Waals surface area contributed by atoms with E-state index in [0.717, 1.165) is 25.4 Å². The molecule has 1 aliphatic heterocycles. The van der Waals surface area contributed by atoms with Crippen LogP contribution < -0.4 is 10.5 Å². The van der Waals surface area contributed by atoms with Gasteiger partial charge in [0.25, 0.3) is 0 Å². The Labute approximate surface area is 121 Å². The fourth-order valence-electron chi connectivity index (χ4n) is 2.68. The smallest absolute Gasteiger partial charge is 0.124 e. The van der Waals surface area contributed by atoms with Crippen LogP contribution in [0.2, 0.25) is 0 Å². The van der Waals surface area contributed by atoms with E-state index < -0.39 is 0 Å². The van der Waals surface area contributed by atoms with E-state index in [9.17, 15) is 0 Å². The number of nitrogens with two attached hydrogens (primary N) is 1. The molecule has 4 heteroatoms. The number of hydrogen-bond donors (Lipinski definition) is 1. The maximum Gasteiger partial charge on any atom is 0.124 e. The summed E-state index contributed by atoms with van der Waals surface area (Å²) in [5, 5.41) is 0. The van der Waals surface area contributed by atoms with Gasteiger partial charge in [-0.05, 0) is 26.8 Å². The molecule has 1 saturated heterocycles. The Morgan fingerprint density at radius 1 is 1.40 bits per heavy atom. The summed E-state index contributed by atoms with van der Waals surface area (Å²) in [6.45, 7) is 9.49. The lowest BCUT2D eigenvalue weighted by atomic mass is 10.0. The number of nitrogens with zero attached hydrogens (tertiary/aromatic N) is 1. The van der Waals surface area contributed by atoms with Crippen molar-refractivity contribution in [2.45, 2.75) is 39.0 Å². The van der Waals surface area contributed by atoms with Crippen LogP contribution in [0, 0.1) is 0 Å². The number of para-hydroxylation sites is 1. The van der Waals surface area contributed by atoms with Crippen molar-refractivity contribution >= 4 is 0 Å². The summed E-state index contributed by atoms with van der Waals surface area (Å²) < 4.78 is 11.5. The van der Waals surface area contributed by atoms with Crippen LogP contribution in [0.25, 0.3) is 0 Å². The first-order chi connectivity index (χ1) is 9.63. The van der Waals surface area contributed by atoms with Gasteiger partial charge in [0.2, 0.25) is 0 Å². The van der Waals surface area contributed by atoms with Gasteiger partial charge in [0, 0.05) is 30.7 Å². The molecule has 0 saturated carbocycles. The third kappa shape index (κ3) is 3.51. The fourth-order valence-corrected chi connectivity index (χ4v) is 2.68. The molecule has 0 radical (unpaired) electrons. The zero-order valence-electron chi connectivity index (χ0n) is 12.7. The van der Waals surface area contributed by atoms with Gasteiger partial charge in [-0.2, -0.15) is 0 Å². The second kappa shape index (κ2) is 7.07. The van der Waals surface area contributed by atoms with Crippen LogP contribution in [0.15, 0.2) is 24.3 Å². The van der Waals surface area contributed by atoms with Crippen molar-refractivity contribution in [1.29, 1.82) is 0 Å². The molecule has 2 N–H and O–H groups in total. The fraction of sp³-hybridized carbons (Fsp3) is 0.625. The molecule has 3 atom stereocenters. The van der Waals surface area contributed by atoms with Gasteiger partial charge in [0.05, 0.1) is 19.3 Å². The monoisotopic (exact) mass is 278 g/mol. The third-order valence-corrected chi connectivity index (χ3v) is 3.93. The highest BCUT2D eigenvalue weighted by Crippen LogP contribution is 2.30. The predicted molar refractivity (Wildman–Crippen MR) is 81.0 cm³/mol. The molecule has 1 fully saturated rings. The minimum Gasteiger partial charge on any atom is -0.494 e. The summed E-state index contributed by atoms with van der Waals surface area (Å²) in [7, 11) is 0. The normalized spacial score (nSPS) is 23.3. The van der Waals surface area contributed by atoms with Gasteiger partial charge in [-0.1, -0.05) is 18.2 Å². The van der Waals surface area contributed by atoms with Crippen molar-refractivity contribution in [1.82, 2.24) is 4.90 Å². The summed E-state index contributed by atoms with van der Waals surface area (Å²) in [6, 6.07) is 8.64. The Bertz CT molecular complexity index is 423. The molecule has 20 heavy (non-hydrogen) atoms. The number of morpholine rings is 1. The van der Waals surface area contributed by atoms with E-state index in [2.05, 4.69) is 24.0 Å². The van der Waals surface area contributed by atoms with Gasteiger partial charge in [0.1, 0.15) is 5.75 Å². The lowest BCUT2D eigenvalue weighted by Gasteiger charge is -2.38. The van der Waals surface area contributed by atoms with Crippen LogP contribution in [0.3, 0.4) is 0 Å². The highest BCUT2D eigenvalue weighted by atomic mass is 16.5. The molecule has 1 heterocycles. The predicted octanol–water partition coefficient (Wildman–Crippen LogP) is 2.19. The quantitative estimate of drug-likeness (QED) is 0.897. The van der Waals surface area contributed by atoms with E-state index in [0.29, 0.717) is 12.6 Å². The van der Waals surface area contributed by atoms with Gasteiger partial charge in [0.15, 0.2) is 0 Å². The van der Waals surface area contributed by atoms with Gasteiger partial charge >= 0.3 is 0 Å². The average Bonchev–Trinajstić information content (AvgIpc) is 2.47. The van der Waals surface area contributed by atoms with Gasteiger partial charge < -0.3 is 15.2 Å². The summed E-state index contributed by atoms with van der Waals surface area (Å²) >= 11 is 0. The first-order valence-electron chi connectivity index (χ1n) is 7.46. The molecule has 4 nitrogen and oxygen atoms in total. The number of hydrogen-bond acceptors (Lipinski definition) is 4. The van der Waals surface area contributed by atoms with E-state index in [1.165, 1.54) is 5.56 Å². The van der Waals surface area contributed by atoms with Crippen molar-refractivity contribution in [3.8, 4) is 5.75 Å². The van der Waals surface area contributed by atoms with Gasteiger partial charge in [-0.3, -0.25) is 4.90 Å². The highest BCUT2D eigenvalue weighted by molar-refractivity contribution is 5.35. The molecule has 112 valence electrons. The minimum absolute atomic E-state index is 0.0622. The lowest BCUT2D eigenvalue weighted by Crippen LogP contribution is -2.50. The number of ether oxygens (including phenoxy) is 2. The van der Waals surface area contributed by atoms with Crippen LogP contribution >= 0.6 is 0 Å². The van der Waals surface area contributed by atoms with E-state index in [4.69, 9.17) is 15.2 Å². The molecule has 1 aliphatic rings. The maximum atomic E-state index is 5.97. The Balaban J connectivity index is 2.12. The van der Waals surface area contributed by atoms with Crippen molar-refractivity contribution in [3.63, 3.8) is 0 Å².